The number of nitrogens with zero attached hydrogens (tertiary/aromatic N) is 2. The quantitative estimate of drug-likeness (QED) is 0.861. The molecule has 1 aromatic heterocycles. The molecule has 0 spiro atoms. The van der Waals surface area contributed by atoms with Crippen molar-refractivity contribution in [1.82, 2.24) is 15.1 Å². The van der Waals surface area contributed by atoms with Gasteiger partial charge in [-0.2, -0.15) is 5.10 Å². The molecule has 1 heterocycles. The van der Waals surface area contributed by atoms with E-state index in [4.69, 9.17) is 5.11 Å². The molecule has 0 aliphatic carbocycles. The number of aliphatic carboxylic acids is 1. The van der Waals surface area contributed by atoms with E-state index >= 15 is 0 Å². The summed E-state index contributed by atoms with van der Waals surface area (Å²) in [5.41, 5.74) is 1.18. The number of rotatable bonds is 5. The number of hydrogen-bond donors (Lipinski definition) is 2. The topological polar surface area (TPSA) is 84.2 Å². The average Bonchev–Trinajstić information content (AvgIpc) is 2.56. The van der Waals surface area contributed by atoms with Crippen LogP contribution in [-0.4, -0.2) is 32.8 Å². The lowest BCUT2D eigenvalue weighted by Crippen LogP contribution is -2.39. The third-order valence-corrected chi connectivity index (χ3v) is 3.09. The second kappa shape index (κ2) is 6.07. The van der Waals surface area contributed by atoms with Crippen LogP contribution < -0.4 is 5.32 Å². The van der Waals surface area contributed by atoms with Gasteiger partial charge in [-0.3, -0.25) is 14.3 Å². The Labute approximate surface area is 119 Å². The monoisotopic (exact) mass is 281 g/mol. The first-order valence-electron chi connectivity index (χ1n) is 6.61. The van der Waals surface area contributed by atoms with Gasteiger partial charge >= 0.3 is 5.97 Å². The summed E-state index contributed by atoms with van der Waals surface area (Å²) in [6.45, 7) is 7.86. The number of carbonyl (C=O) groups excluding carboxylic acids is 1. The number of hydrogen-bond acceptors (Lipinski definition) is 3. The molecule has 6 nitrogen and oxygen atoms in total. The lowest BCUT2D eigenvalue weighted by atomic mass is 9.87. The van der Waals surface area contributed by atoms with E-state index in [1.807, 2.05) is 20.8 Å². The van der Waals surface area contributed by atoms with Gasteiger partial charge in [-0.1, -0.05) is 20.8 Å². The summed E-state index contributed by atoms with van der Waals surface area (Å²) in [6, 6.07) is -0.389. The highest BCUT2D eigenvalue weighted by Gasteiger charge is 2.24. The third kappa shape index (κ3) is 4.68. The Morgan fingerprint density at radius 1 is 1.45 bits per heavy atom. The molecule has 0 aromatic carbocycles. The van der Waals surface area contributed by atoms with Gasteiger partial charge in [0.2, 0.25) is 0 Å². The van der Waals surface area contributed by atoms with Gasteiger partial charge in [-0.15, -0.1) is 0 Å². The number of carboxylic acid groups (broad SMARTS) is 1. The smallest absolute Gasteiger partial charge is 0.305 e. The number of carboxylic acids is 1. The third-order valence-electron chi connectivity index (χ3n) is 3.09. The normalized spacial score (nSPS) is 13.1. The summed E-state index contributed by atoms with van der Waals surface area (Å²) in [5, 5.41) is 15.8. The van der Waals surface area contributed by atoms with E-state index in [9.17, 15) is 9.59 Å². The van der Waals surface area contributed by atoms with Crippen LogP contribution in [0.3, 0.4) is 0 Å². The molecule has 0 saturated heterocycles. The second-order valence-electron chi connectivity index (χ2n) is 6.30. The zero-order valence-corrected chi connectivity index (χ0v) is 12.7. The van der Waals surface area contributed by atoms with Crippen molar-refractivity contribution < 1.29 is 14.7 Å². The first-order chi connectivity index (χ1) is 9.10. The Bertz CT molecular complexity index is 500. The van der Waals surface area contributed by atoms with E-state index in [0.29, 0.717) is 12.0 Å². The van der Waals surface area contributed by atoms with Crippen LogP contribution in [0, 0.1) is 12.3 Å². The molecule has 1 atom stereocenters. The molecule has 0 radical (unpaired) electrons. The number of nitrogens with one attached hydrogen (secondary N) is 1. The van der Waals surface area contributed by atoms with E-state index in [0.717, 1.165) is 5.69 Å². The van der Waals surface area contributed by atoms with E-state index in [1.165, 1.54) is 6.20 Å². The van der Waals surface area contributed by atoms with Gasteiger partial charge in [0.15, 0.2) is 0 Å². The van der Waals surface area contributed by atoms with Crippen LogP contribution in [0.15, 0.2) is 6.20 Å². The zero-order valence-electron chi connectivity index (χ0n) is 12.7. The van der Waals surface area contributed by atoms with Crippen LogP contribution in [0.25, 0.3) is 0 Å². The number of amides is 1. The maximum atomic E-state index is 12.2. The molecule has 0 bridgehead atoms. The molecule has 2 N–H and O–H groups in total. The fourth-order valence-electron chi connectivity index (χ4n) is 2.11. The van der Waals surface area contributed by atoms with E-state index in [2.05, 4.69) is 10.4 Å². The molecule has 0 saturated carbocycles. The van der Waals surface area contributed by atoms with Crippen LogP contribution in [0.5, 0.6) is 0 Å². The van der Waals surface area contributed by atoms with Crippen molar-refractivity contribution in [3.8, 4) is 0 Å². The lowest BCUT2D eigenvalue weighted by molar-refractivity contribution is -0.137. The molecule has 1 amide bonds. The molecule has 0 fully saturated rings. The van der Waals surface area contributed by atoms with Gasteiger partial charge < -0.3 is 10.4 Å². The Hall–Kier alpha value is -1.85. The van der Waals surface area contributed by atoms with Crippen LogP contribution in [0.4, 0.5) is 0 Å². The van der Waals surface area contributed by atoms with Crippen molar-refractivity contribution in [2.45, 2.75) is 46.6 Å². The molecule has 0 aliphatic heterocycles. The molecular weight excluding hydrogens is 258 g/mol. The van der Waals surface area contributed by atoms with Crippen LogP contribution in [0.1, 0.15) is 49.7 Å². The largest absolute Gasteiger partial charge is 0.481 e. The second-order valence-corrected chi connectivity index (χ2v) is 6.30. The minimum atomic E-state index is -0.914. The van der Waals surface area contributed by atoms with Crippen LogP contribution in [0.2, 0.25) is 0 Å². The van der Waals surface area contributed by atoms with Crippen LogP contribution in [-0.2, 0) is 11.8 Å². The highest BCUT2D eigenvalue weighted by molar-refractivity contribution is 5.95. The molecule has 20 heavy (non-hydrogen) atoms. The molecule has 1 rings (SSSR count). The van der Waals surface area contributed by atoms with E-state index in [-0.39, 0.29) is 23.8 Å². The van der Waals surface area contributed by atoms with Crippen molar-refractivity contribution >= 4 is 11.9 Å². The Morgan fingerprint density at radius 3 is 2.45 bits per heavy atom. The Kier molecular flexibility index (Phi) is 4.92. The molecule has 0 aliphatic rings. The van der Waals surface area contributed by atoms with Gasteiger partial charge in [0, 0.05) is 18.8 Å². The molecule has 1 unspecified atom stereocenters. The van der Waals surface area contributed by atoms with Crippen molar-refractivity contribution in [3.63, 3.8) is 0 Å². The van der Waals surface area contributed by atoms with Crippen LogP contribution >= 0.6 is 0 Å². The number of aromatic nitrogens is 2. The van der Waals surface area contributed by atoms with Crippen molar-refractivity contribution in [2.75, 3.05) is 0 Å². The molecular formula is C14H23N3O3. The molecule has 112 valence electrons. The van der Waals surface area contributed by atoms with E-state index < -0.39 is 5.97 Å². The fraction of sp³-hybridized carbons (Fsp3) is 0.643. The highest BCUT2D eigenvalue weighted by atomic mass is 16.4. The lowest BCUT2D eigenvalue weighted by Gasteiger charge is -2.25. The Balaban J connectivity index is 2.81. The minimum absolute atomic E-state index is 0.0582. The van der Waals surface area contributed by atoms with Crippen molar-refractivity contribution in [2.24, 2.45) is 12.5 Å². The van der Waals surface area contributed by atoms with Crippen molar-refractivity contribution in [1.29, 1.82) is 0 Å². The first-order valence-corrected chi connectivity index (χ1v) is 6.61. The SMILES string of the molecule is Cc1c(C(=O)NC(CC(=O)O)CC(C)(C)C)cnn1C. The summed E-state index contributed by atoms with van der Waals surface area (Å²) < 4.78 is 1.62. The summed E-state index contributed by atoms with van der Waals surface area (Å²) in [6.07, 6.45) is 2.02. The van der Waals surface area contributed by atoms with Gasteiger partial charge in [0.25, 0.3) is 5.91 Å². The number of carbonyl (C=O) groups is 2. The van der Waals surface area contributed by atoms with Crippen molar-refractivity contribution in [3.05, 3.63) is 17.5 Å². The average molecular weight is 281 g/mol. The number of aryl methyl sites for hydroxylation is 1. The highest BCUT2D eigenvalue weighted by Crippen LogP contribution is 2.22. The summed E-state index contributed by atoms with van der Waals surface area (Å²) >= 11 is 0. The first kappa shape index (κ1) is 16.2. The summed E-state index contributed by atoms with van der Waals surface area (Å²) in [7, 11) is 1.76. The standard InChI is InChI=1S/C14H23N3O3/c1-9-11(8-15-17(9)5)13(20)16-10(6-12(18)19)7-14(2,3)4/h8,10H,6-7H2,1-5H3,(H,16,20)(H,18,19). The van der Waals surface area contributed by atoms with Gasteiger partial charge in [0.05, 0.1) is 18.2 Å². The summed E-state index contributed by atoms with van der Waals surface area (Å²) in [4.78, 5) is 23.1. The fourth-order valence-corrected chi connectivity index (χ4v) is 2.11. The van der Waals surface area contributed by atoms with Gasteiger partial charge in [-0.25, -0.2) is 0 Å². The Morgan fingerprint density at radius 2 is 2.05 bits per heavy atom. The molecule has 6 heteroatoms. The van der Waals surface area contributed by atoms with E-state index in [1.54, 1.807) is 18.7 Å². The van der Waals surface area contributed by atoms with Gasteiger partial charge in [0.1, 0.15) is 0 Å². The predicted molar refractivity (Wildman–Crippen MR) is 75.5 cm³/mol. The minimum Gasteiger partial charge on any atom is -0.481 e. The molecule has 1 aromatic rings. The summed E-state index contributed by atoms with van der Waals surface area (Å²) in [5.74, 6) is -1.19. The van der Waals surface area contributed by atoms with Gasteiger partial charge in [-0.05, 0) is 18.8 Å². The predicted octanol–water partition coefficient (Wildman–Crippen LogP) is 1.74. The maximum absolute atomic E-state index is 12.2. The maximum Gasteiger partial charge on any atom is 0.305 e. The zero-order chi connectivity index (χ0) is 15.5.